The van der Waals surface area contributed by atoms with Crippen molar-refractivity contribution in [2.45, 2.75) is 25.2 Å². The fraction of sp³-hybridized carbons (Fsp3) is 0.333. The molecule has 0 unspecified atom stereocenters. The van der Waals surface area contributed by atoms with Crippen LogP contribution in [0.2, 0.25) is 0 Å². The Bertz CT molecular complexity index is 1460. The zero-order valence-electron chi connectivity index (χ0n) is 19.6. The minimum atomic E-state index is -0.765. The highest BCUT2D eigenvalue weighted by Crippen LogP contribution is 2.46. The van der Waals surface area contributed by atoms with Gasteiger partial charge in [0, 0.05) is 11.8 Å². The van der Waals surface area contributed by atoms with E-state index in [0.717, 1.165) is 29.0 Å². The third-order valence-corrected chi connectivity index (χ3v) is 9.48. The molecule has 0 spiro atoms. The molecule has 2 aromatic carbocycles. The molecule has 34 heavy (non-hydrogen) atoms. The molecule has 2 aromatic heterocycles. The summed E-state index contributed by atoms with van der Waals surface area (Å²) in [5.74, 6) is 0.836. The summed E-state index contributed by atoms with van der Waals surface area (Å²) in [6.45, 7) is 0.366. The van der Waals surface area contributed by atoms with Crippen molar-refractivity contribution in [3.63, 3.8) is 0 Å². The highest BCUT2D eigenvalue weighted by molar-refractivity contribution is 9.11. The average molecular weight is 559 g/mol. The number of aromatic nitrogens is 1. The van der Waals surface area contributed by atoms with Gasteiger partial charge in [-0.3, -0.25) is 9.20 Å². The standard InChI is InChI=1S/C27H28BrNO3S2/c1-34(2,3)14-13-32-27(31)24-25(28)33-26-23(18-11-12-18)20(16-22(30)29(24)26)15-19-9-6-8-17-7-4-5-10-21(17)19/h4-10,16,18H,11-15H2,1-3H3. The average Bonchev–Trinajstić information content (AvgIpc) is 3.54. The van der Waals surface area contributed by atoms with Crippen LogP contribution in [0.3, 0.4) is 0 Å². The van der Waals surface area contributed by atoms with Crippen molar-refractivity contribution in [1.82, 2.24) is 4.40 Å². The lowest BCUT2D eigenvalue weighted by Crippen LogP contribution is -2.21. The number of hydrogen-bond donors (Lipinski definition) is 0. The number of nitrogens with zero attached hydrogens (tertiary/aromatic N) is 1. The van der Waals surface area contributed by atoms with Crippen molar-refractivity contribution >= 4 is 58.9 Å². The van der Waals surface area contributed by atoms with Gasteiger partial charge in [0.2, 0.25) is 0 Å². The number of benzene rings is 2. The molecule has 0 radical (unpaired) electrons. The highest BCUT2D eigenvalue weighted by atomic mass is 79.9. The maximum absolute atomic E-state index is 13.4. The summed E-state index contributed by atoms with van der Waals surface area (Å²) in [7, 11) is -0.765. The predicted molar refractivity (Wildman–Crippen MR) is 148 cm³/mol. The molecule has 4 nitrogen and oxygen atoms in total. The summed E-state index contributed by atoms with van der Waals surface area (Å²) < 4.78 is 7.82. The van der Waals surface area contributed by atoms with Crippen LogP contribution >= 0.6 is 37.3 Å². The number of fused-ring (bicyclic) bond motifs is 2. The third kappa shape index (κ3) is 4.70. The number of carbonyl (C=O) groups is 1. The van der Waals surface area contributed by atoms with E-state index in [9.17, 15) is 9.59 Å². The van der Waals surface area contributed by atoms with Gasteiger partial charge in [-0.2, -0.15) is 0 Å². The van der Waals surface area contributed by atoms with Gasteiger partial charge in [-0.25, -0.2) is 14.8 Å². The number of rotatable bonds is 7. The summed E-state index contributed by atoms with van der Waals surface area (Å²) in [6.07, 6.45) is 9.50. The summed E-state index contributed by atoms with van der Waals surface area (Å²) in [5.41, 5.74) is 3.62. The van der Waals surface area contributed by atoms with Gasteiger partial charge >= 0.3 is 5.97 Å². The molecule has 0 aliphatic heterocycles. The quantitative estimate of drug-likeness (QED) is 0.240. The van der Waals surface area contributed by atoms with Crippen LogP contribution in [0.15, 0.2) is 57.1 Å². The Hall–Kier alpha value is -2.09. The molecule has 0 saturated heterocycles. The largest absolute Gasteiger partial charge is 0.460 e. The van der Waals surface area contributed by atoms with E-state index < -0.39 is 16.0 Å². The Labute approximate surface area is 213 Å². The predicted octanol–water partition coefficient (Wildman–Crippen LogP) is 6.60. The van der Waals surface area contributed by atoms with E-state index >= 15 is 0 Å². The second kappa shape index (κ2) is 9.17. The lowest BCUT2D eigenvalue weighted by molar-refractivity contribution is 0.0520. The van der Waals surface area contributed by atoms with E-state index in [1.54, 1.807) is 10.5 Å². The first-order valence-corrected chi connectivity index (χ1v) is 16.0. The van der Waals surface area contributed by atoms with Gasteiger partial charge in [-0.1, -0.05) is 42.5 Å². The number of esters is 1. The molecule has 0 N–H and O–H groups in total. The van der Waals surface area contributed by atoms with Gasteiger partial charge < -0.3 is 4.74 Å². The van der Waals surface area contributed by atoms with E-state index in [-0.39, 0.29) is 5.56 Å². The second-order valence-corrected chi connectivity index (χ2v) is 16.7. The first-order chi connectivity index (χ1) is 16.2. The summed E-state index contributed by atoms with van der Waals surface area (Å²) in [4.78, 5) is 27.2. The fourth-order valence-corrected chi connectivity index (χ4v) is 6.92. The van der Waals surface area contributed by atoms with Crippen LogP contribution in [-0.4, -0.2) is 41.5 Å². The molecule has 7 heteroatoms. The minimum absolute atomic E-state index is 0.176. The number of thiazole rings is 1. The zero-order chi connectivity index (χ0) is 24.0. The zero-order valence-corrected chi connectivity index (χ0v) is 22.8. The SMILES string of the molecule is CS(C)(C)CCOC(=O)c1c(Br)sc2c(C3CC3)c(Cc3cccc4ccccc34)cc(=O)n12. The second-order valence-electron chi connectivity index (χ2n) is 9.81. The van der Waals surface area contributed by atoms with E-state index in [0.29, 0.717) is 28.4 Å². The van der Waals surface area contributed by atoms with Gasteiger partial charge in [0.05, 0.1) is 6.61 Å². The van der Waals surface area contributed by atoms with Crippen LogP contribution in [0.4, 0.5) is 0 Å². The number of ether oxygens (including phenoxy) is 1. The lowest BCUT2D eigenvalue weighted by Gasteiger charge is -2.24. The summed E-state index contributed by atoms with van der Waals surface area (Å²) in [6, 6.07) is 16.4. The van der Waals surface area contributed by atoms with E-state index in [2.05, 4.69) is 71.1 Å². The molecule has 0 atom stereocenters. The van der Waals surface area contributed by atoms with E-state index in [1.165, 1.54) is 33.2 Å². The Morgan fingerprint density at radius 3 is 2.59 bits per heavy atom. The topological polar surface area (TPSA) is 47.8 Å². The molecule has 4 aromatic rings. The molecule has 1 aliphatic carbocycles. The molecular formula is C27H28BrNO3S2. The molecule has 1 saturated carbocycles. The molecular weight excluding hydrogens is 530 g/mol. The molecule has 178 valence electrons. The highest BCUT2D eigenvalue weighted by Gasteiger charge is 2.32. The van der Waals surface area contributed by atoms with Gasteiger partial charge in [0.1, 0.15) is 8.62 Å². The Balaban J connectivity index is 1.57. The van der Waals surface area contributed by atoms with Crippen LogP contribution in [0.25, 0.3) is 15.6 Å². The van der Waals surface area contributed by atoms with Crippen molar-refractivity contribution in [3.8, 4) is 0 Å². The lowest BCUT2D eigenvalue weighted by atomic mass is 9.95. The van der Waals surface area contributed by atoms with E-state index in [1.807, 2.05) is 6.07 Å². The van der Waals surface area contributed by atoms with Crippen molar-refractivity contribution in [2.24, 2.45) is 0 Å². The van der Waals surface area contributed by atoms with Gasteiger partial charge in [0.15, 0.2) is 5.69 Å². The smallest absolute Gasteiger partial charge is 0.357 e. The maximum Gasteiger partial charge on any atom is 0.357 e. The van der Waals surface area contributed by atoms with Crippen molar-refractivity contribution in [1.29, 1.82) is 0 Å². The molecule has 2 heterocycles. The van der Waals surface area contributed by atoms with Crippen LogP contribution < -0.4 is 5.56 Å². The van der Waals surface area contributed by atoms with Crippen molar-refractivity contribution < 1.29 is 9.53 Å². The third-order valence-electron chi connectivity index (χ3n) is 6.26. The van der Waals surface area contributed by atoms with Crippen LogP contribution in [0.1, 0.15) is 45.9 Å². The Kier molecular flexibility index (Phi) is 6.38. The molecule has 1 fully saturated rings. The molecule has 0 bridgehead atoms. The summed E-state index contributed by atoms with van der Waals surface area (Å²) >= 11 is 5.03. The first-order valence-electron chi connectivity index (χ1n) is 11.4. The Morgan fingerprint density at radius 2 is 1.85 bits per heavy atom. The number of carbonyl (C=O) groups excluding carboxylic acids is 1. The Morgan fingerprint density at radius 1 is 1.12 bits per heavy atom. The fourth-order valence-electron chi connectivity index (χ4n) is 4.41. The normalized spacial score (nSPS) is 14.6. The van der Waals surface area contributed by atoms with Gasteiger partial charge in [0.25, 0.3) is 5.56 Å². The van der Waals surface area contributed by atoms with E-state index in [4.69, 9.17) is 4.74 Å². The van der Waals surface area contributed by atoms with Crippen LogP contribution in [0.5, 0.6) is 0 Å². The number of pyridine rings is 1. The van der Waals surface area contributed by atoms with Crippen molar-refractivity contribution in [3.05, 3.63) is 85.1 Å². The van der Waals surface area contributed by atoms with Crippen LogP contribution in [-0.2, 0) is 11.2 Å². The van der Waals surface area contributed by atoms with Gasteiger partial charge in [-0.05, 0) is 87.3 Å². The van der Waals surface area contributed by atoms with Gasteiger partial charge in [-0.15, -0.1) is 11.3 Å². The molecule has 1 aliphatic rings. The summed E-state index contributed by atoms with van der Waals surface area (Å²) in [5, 5.41) is 2.41. The minimum Gasteiger partial charge on any atom is -0.460 e. The van der Waals surface area contributed by atoms with Crippen LogP contribution in [0, 0.1) is 0 Å². The first kappa shape index (κ1) is 23.6. The molecule has 5 rings (SSSR count). The number of halogens is 1. The van der Waals surface area contributed by atoms with Crippen molar-refractivity contribution in [2.75, 3.05) is 31.1 Å². The monoisotopic (exact) mass is 557 g/mol. The molecule has 0 amide bonds. The number of hydrogen-bond acceptors (Lipinski definition) is 4. The maximum atomic E-state index is 13.4.